The average molecular weight is 328 g/mol. The molecule has 0 saturated carbocycles. The Balaban J connectivity index is 1.92. The van der Waals surface area contributed by atoms with Crippen molar-refractivity contribution in [1.82, 2.24) is 0 Å². The number of cyclic esters (lactones) is 1. The molecule has 22 heavy (non-hydrogen) atoms. The van der Waals surface area contributed by atoms with Gasteiger partial charge >= 0.3 is 11.9 Å². The number of rotatable bonds is 5. The van der Waals surface area contributed by atoms with E-state index in [1.165, 1.54) is 19.2 Å². The molecule has 1 fully saturated rings. The molecule has 0 amide bonds. The lowest BCUT2D eigenvalue weighted by Crippen LogP contribution is -2.25. The van der Waals surface area contributed by atoms with Gasteiger partial charge in [-0.3, -0.25) is 4.79 Å². The first-order chi connectivity index (χ1) is 10.5. The molecule has 0 spiro atoms. The zero-order valence-electron chi connectivity index (χ0n) is 12.3. The first kappa shape index (κ1) is 16.4. The Morgan fingerprint density at radius 1 is 1.50 bits per heavy atom. The van der Waals surface area contributed by atoms with E-state index in [-0.39, 0.29) is 29.3 Å². The van der Waals surface area contributed by atoms with Crippen LogP contribution in [0.5, 0.6) is 5.75 Å². The van der Waals surface area contributed by atoms with E-state index in [1.54, 1.807) is 0 Å². The monoisotopic (exact) mass is 327 g/mol. The maximum absolute atomic E-state index is 12.1. The zero-order chi connectivity index (χ0) is 16.1. The van der Waals surface area contributed by atoms with Crippen molar-refractivity contribution >= 4 is 29.2 Å². The quantitative estimate of drug-likeness (QED) is 0.660. The van der Waals surface area contributed by atoms with Crippen molar-refractivity contribution in [1.29, 1.82) is 0 Å². The number of methoxy groups -OCH3 is 1. The first-order valence-electron chi connectivity index (χ1n) is 7.01. The number of esters is 2. The molecule has 1 saturated heterocycles. The van der Waals surface area contributed by atoms with Crippen LogP contribution >= 0.6 is 11.6 Å². The molecule has 1 aromatic rings. The summed E-state index contributed by atoms with van der Waals surface area (Å²) < 4.78 is 15.5. The average Bonchev–Trinajstić information content (AvgIpc) is 2.49. The third-order valence-corrected chi connectivity index (χ3v) is 3.74. The van der Waals surface area contributed by atoms with E-state index in [2.05, 4.69) is 0 Å². The summed E-state index contributed by atoms with van der Waals surface area (Å²) in [5.41, 5.74) is 6.20. The summed E-state index contributed by atoms with van der Waals surface area (Å²) in [4.78, 5) is 23.3. The number of halogens is 1. The molecule has 0 aliphatic carbocycles. The highest BCUT2D eigenvalue weighted by molar-refractivity contribution is 6.33. The number of carbonyl (C=O) groups is 2. The lowest BCUT2D eigenvalue weighted by molar-refractivity contribution is -0.154. The van der Waals surface area contributed by atoms with Crippen LogP contribution in [-0.4, -0.2) is 31.8 Å². The van der Waals surface area contributed by atoms with Crippen LogP contribution in [0.15, 0.2) is 12.1 Å². The SMILES string of the molecule is COc1cc(N)c(Cl)cc1C(=O)OCCC1CCCC(=O)O1. The van der Waals surface area contributed by atoms with E-state index in [9.17, 15) is 9.59 Å². The molecule has 1 aliphatic heterocycles. The molecule has 1 unspecified atom stereocenters. The molecule has 1 atom stereocenters. The molecule has 1 aliphatic rings. The van der Waals surface area contributed by atoms with Gasteiger partial charge in [0.2, 0.25) is 0 Å². The molecule has 2 rings (SSSR count). The van der Waals surface area contributed by atoms with E-state index in [4.69, 9.17) is 31.5 Å². The predicted octanol–water partition coefficient (Wildman–Crippen LogP) is 2.57. The number of nitrogen functional groups attached to an aromatic ring is 1. The number of benzene rings is 1. The summed E-state index contributed by atoms with van der Waals surface area (Å²) in [6.45, 7) is 0.155. The number of carbonyl (C=O) groups excluding carboxylic acids is 2. The standard InChI is InChI=1S/C15H18ClNO5/c1-20-13-8-12(17)11(16)7-10(13)15(19)21-6-5-9-3-2-4-14(18)22-9/h7-9H,2-6,17H2,1H3. The van der Waals surface area contributed by atoms with Gasteiger partial charge in [-0.05, 0) is 18.9 Å². The number of nitrogens with two attached hydrogens (primary N) is 1. The largest absolute Gasteiger partial charge is 0.496 e. The molecular formula is C15H18ClNO5. The Bertz CT molecular complexity index is 575. The van der Waals surface area contributed by atoms with Crippen molar-refractivity contribution < 1.29 is 23.8 Å². The Labute approximate surface area is 133 Å². The van der Waals surface area contributed by atoms with Crippen molar-refractivity contribution in [2.45, 2.75) is 31.8 Å². The highest BCUT2D eigenvalue weighted by atomic mass is 35.5. The van der Waals surface area contributed by atoms with Crippen LogP contribution in [0.4, 0.5) is 5.69 Å². The van der Waals surface area contributed by atoms with Crippen molar-refractivity contribution in [3.8, 4) is 5.75 Å². The summed E-state index contributed by atoms with van der Waals surface area (Å²) in [6, 6.07) is 2.89. The van der Waals surface area contributed by atoms with E-state index in [1.807, 2.05) is 0 Å². The van der Waals surface area contributed by atoms with Gasteiger partial charge in [0.1, 0.15) is 17.4 Å². The zero-order valence-corrected chi connectivity index (χ0v) is 13.0. The van der Waals surface area contributed by atoms with Gasteiger partial charge in [0.05, 0.1) is 24.4 Å². The lowest BCUT2D eigenvalue weighted by Gasteiger charge is -2.22. The smallest absolute Gasteiger partial charge is 0.341 e. The highest BCUT2D eigenvalue weighted by Crippen LogP contribution is 2.29. The minimum Gasteiger partial charge on any atom is -0.496 e. The van der Waals surface area contributed by atoms with E-state index >= 15 is 0 Å². The number of ether oxygens (including phenoxy) is 3. The molecule has 1 heterocycles. The Morgan fingerprint density at radius 2 is 2.27 bits per heavy atom. The van der Waals surface area contributed by atoms with Crippen LogP contribution in [0.1, 0.15) is 36.0 Å². The van der Waals surface area contributed by atoms with Gasteiger partial charge in [0.15, 0.2) is 0 Å². The first-order valence-corrected chi connectivity index (χ1v) is 7.38. The molecule has 120 valence electrons. The van der Waals surface area contributed by atoms with Gasteiger partial charge in [-0.2, -0.15) is 0 Å². The normalized spacial score (nSPS) is 17.7. The molecule has 6 nitrogen and oxygen atoms in total. The van der Waals surface area contributed by atoms with Crippen LogP contribution in [0, 0.1) is 0 Å². The highest BCUT2D eigenvalue weighted by Gasteiger charge is 2.21. The van der Waals surface area contributed by atoms with Gasteiger partial charge in [0.25, 0.3) is 0 Å². The second kappa shape index (κ2) is 7.35. The van der Waals surface area contributed by atoms with E-state index in [0.717, 1.165) is 12.8 Å². The minimum atomic E-state index is -0.555. The molecule has 0 radical (unpaired) electrons. The van der Waals surface area contributed by atoms with Gasteiger partial charge in [-0.25, -0.2) is 4.79 Å². The summed E-state index contributed by atoms with van der Waals surface area (Å²) >= 11 is 5.91. The molecule has 7 heteroatoms. The topological polar surface area (TPSA) is 87.9 Å². The maximum Gasteiger partial charge on any atom is 0.341 e. The second-order valence-corrected chi connectivity index (χ2v) is 5.41. The number of anilines is 1. The Kier molecular flexibility index (Phi) is 5.49. The van der Waals surface area contributed by atoms with E-state index < -0.39 is 5.97 Å². The number of hydrogen-bond acceptors (Lipinski definition) is 6. The molecular weight excluding hydrogens is 310 g/mol. The predicted molar refractivity (Wildman–Crippen MR) is 81.0 cm³/mol. The second-order valence-electron chi connectivity index (χ2n) is 5.00. The Morgan fingerprint density at radius 3 is 2.95 bits per heavy atom. The van der Waals surface area contributed by atoms with Crippen molar-refractivity contribution in [2.75, 3.05) is 19.5 Å². The number of hydrogen-bond donors (Lipinski definition) is 1. The van der Waals surface area contributed by atoms with E-state index in [0.29, 0.717) is 24.3 Å². The fourth-order valence-corrected chi connectivity index (χ4v) is 2.40. The third kappa shape index (κ3) is 4.04. The van der Waals surface area contributed by atoms with Gasteiger partial charge in [0, 0.05) is 18.9 Å². The summed E-state index contributed by atoms with van der Waals surface area (Å²) in [6.07, 6.45) is 2.34. The van der Waals surface area contributed by atoms with Gasteiger partial charge in [-0.1, -0.05) is 11.6 Å². The van der Waals surface area contributed by atoms with Crippen LogP contribution in [-0.2, 0) is 14.3 Å². The van der Waals surface area contributed by atoms with Crippen molar-refractivity contribution in [2.24, 2.45) is 0 Å². The molecule has 0 aromatic heterocycles. The van der Waals surface area contributed by atoms with Crippen LogP contribution in [0.3, 0.4) is 0 Å². The lowest BCUT2D eigenvalue weighted by atomic mass is 10.1. The molecule has 2 N–H and O–H groups in total. The summed E-state index contributed by atoms with van der Waals surface area (Å²) in [7, 11) is 1.43. The summed E-state index contributed by atoms with van der Waals surface area (Å²) in [5.74, 6) is -0.452. The van der Waals surface area contributed by atoms with Crippen molar-refractivity contribution in [3.63, 3.8) is 0 Å². The fraction of sp³-hybridized carbons (Fsp3) is 0.467. The van der Waals surface area contributed by atoms with Crippen LogP contribution < -0.4 is 10.5 Å². The fourth-order valence-electron chi connectivity index (χ4n) is 2.24. The molecule has 0 bridgehead atoms. The molecule has 1 aromatic carbocycles. The van der Waals surface area contributed by atoms with Gasteiger partial charge < -0.3 is 19.9 Å². The van der Waals surface area contributed by atoms with Crippen molar-refractivity contribution in [3.05, 3.63) is 22.7 Å². The van der Waals surface area contributed by atoms with Gasteiger partial charge in [-0.15, -0.1) is 0 Å². The Hall–Kier alpha value is -1.95. The minimum absolute atomic E-state index is 0.155. The van der Waals surface area contributed by atoms with Crippen LogP contribution in [0.25, 0.3) is 0 Å². The third-order valence-electron chi connectivity index (χ3n) is 3.42. The maximum atomic E-state index is 12.1. The summed E-state index contributed by atoms with van der Waals surface area (Å²) in [5, 5.41) is 0.258. The van der Waals surface area contributed by atoms with Crippen LogP contribution in [0.2, 0.25) is 5.02 Å².